The van der Waals surface area contributed by atoms with Crippen molar-refractivity contribution in [2.45, 2.75) is 57.7 Å². The Morgan fingerprint density at radius 1 is 0.976 bits per heavy atom. The molecule has 0 aliphatic heterocycles. The average Bonchev–Trinajstić information content (AvgIpc) is 3.35. The Morgan fingerprint density at radius 3 is 2.24 bits per heavy atom. The third kappa shape index (κ3) is 5.79. The smallest absolute Gasteiger partial charge is 0.252 e. The highest BCUT2D eigenvalue weighted by atomic mass is 35.5. The molecule has 0 heterocycles. The minimum atomic E-state index is -0.638. The van der Waals surface area contributed by atoms with Crippen LogP contribution < -0.4 is 10.1 Å². The molecule has 5 rings (SSSR count). The van der Waals surface area contributed by atoms with Crippen LogP contribution >= 0.6 is 11.6 Å². The molecule has 1 saturated carbocycles. The lowest BCUT2D eigenvalue weighted by Crippen LogP contribution is -2.45. The molecule has 0 bridgehead atoms. The van der Waals surface area contributed by atoms with Gasteiger partial charge >= 0.3 is 0 Å². The SMILES string of the molecule is CNC1CCC(N(Cc2cc(-c3ccc(C(C)=O)cc3)ccc2OC)C(=O)C2=C(Cl)c3c(F)ccc(F)c3C2)CC1. The summed E-state index contributed by atoms with van der Waals surface area (Å²) < 4.78 is 35.0. The first-order valence-electron chi connectivity index (χ1n) is 13.8. The van der Waals surface area contributed by atoms with Crippen LogP contribution in [0.15, 0.2) is 60.2 Å². The van der Waals surface area contributed by atoms with Crippen LogP contribution in [0.2, 0.25) is 0 Å². The maximum absolute atomic E-state index is 14.7. The van der Waals surface area contributed by atoms with Crippen molar-refractivity contribution < 1.29 is 23.1 Å². The number of ketones is 1. The summed E-state index contributed by atoms with van der Waals surface area (Å²) >= 11 is 6.58. The fourth-order valence-corrected chi connectivity index (χ4v) is 6.31. The van der Waals surface area contributed by atoms with E-state index in [2.05, 4.69) is 5.32 Å². The van der Waals surface area contributed by atoms with E-state index in [1.165, 1.54) is 6.92 Å². The van der Waals surface area contributed by atoms with Gasteiger partial charge in [0.2, 0.25) is 0 Å². The average molecular weight is 579 g/mol. The summed E-state index contributed by atoms with van der Waals surface area (Å²) in [7, 11) is 3.53. The Hall–Kier alpha value is -3.55. The van der Waals surface area contributed by atoms with Crippen molar-refractivity contribution in [3.05, 3.63) is 94.1 Å². The molecule has 2 aliphatic carbocycles. The van der Waals surface area contributed by atoms with Crippen molar-refractivity contribution in [2.24, 2.45) is 0 Å². The highest BCUT2D eigenvalue weighted by Gasteiger charge is 2.36. The molecule has 0 atom stereocenters. The molecule has 0 unspecified atom stereocenters. The summed E-state index contributed by atoms with van der Waals surface area (Å²) in [5, 5.41) is 3.30. The van der Waals surface area contributed by atoms with E-state index in [-0.39, 0.29) is 52.4 Å². The highest BCUT2D eigenvalue weighted by molar-refractivity contribution is 6.52. The fraction of sp³-hybridized carbons (Fsp3) is 0.333. The van der Waals surface area contributed by atoms with Crippen LogP contribution in [0.4, 0.5) is 8.78 Å². The number of methoxy groups -OCH3 is 1. The Bertz CT molecular complexity index is 1510. The minimum absolute atomic E-state index is 0.00379. The number of fused-ring (bicyclic) bond motifs is 1. The van der Waals surface area contributed by atoms with Crippen molar-refractivity contribution in [2.75, 3.05) is 14.2 Å². The molecule has 2 aliphatic rings. The van der Waals surface area contributed by atoms with Gasteiger partial charge in [-0.15, -0.1) is 0 Å². The van der Waals surface area contributed by atoms with Gasteiger partial charge in [0, 0.05) is 52.9 Å². The molecule has 1 N–H and O–H groups in total. The molecule has 214 valence electrons. The van der Waals surface area contributed by atoms with E-state index in [1.54, 1.807) is 24.1 Å². The number of carbonyl (C=O) groups is 2. The maximum atomic E-state index is 14.7. The Balaban J connectivity index is 1.51. The molecule has 5 nitrogen and oxygen atoms in total. The summed E-state index contributed by atoms with van der Waals surface area (Å²) in [6, 6.07) is 15.6. The molecule has 41 heavy (non-hydrogen) atoms. The number of amides is 1. The first-order valence-corrected chi connectivity index (χ1v) is 14.2. The molecular formula is C33H33ClF2N2O3. The lowest BCUT2D eigenvalue weighted by molar-refractivity contribution is -0.130. The first kappa shape index (κ1) is 29.0. The van der Waals surface area contributed by atoms with E-state index in [4.69, 9.17) is 16.3 Å². The number of carbonyl (C=O) groups excluding carboxylic acids is 2. The maximum Gasteiger partial charge on any atom is 0.252 e. The summed E-state index contributed by atoms with van der Waals surface area (Å²) in [6.45, 7) is 1.77. The molecule has 0 radical (unpaired) electrons. The van der Waals surface area contributed by atoms with Gasteiger partial charge < -0.3 is 15.0 Å². The Morgan fingerprint density at radius 2 is 1.63 bits per heavy atom. The van der Waals surface area contributed by atoms with Crippen LogP contribution in [-0.2, 0) is 17.8 Å². The van der Waals surface area contributed by atoms with Gasteiger partial charge in [-0.3, -0.25) is 9.59 Å². The number of hydrogen-bond acceptors (Lipinski definition) is 4. The summed E-state index contributed by atoms with van der Waals surface area (Å²) in [4.78, 5) is 27.7. The highest BCUT2D eigenvalue weighted by Crippen LogP contribution is 2.41. The third-order valence-electron chi connectivity index (χ3n) is 8.35. The predicted molar refractivity (Wildman–Crippen MR) is 157 cm³/mol. The lowest BCUT2D eigenvalue weighted by Gasteiger charge is -2.37. The first-order chi connectivity index (χ1) is 19.7. The molecule has 3 aromatic rings. The van der Waals surface area contributed by atoms with E-state index < -0.39 is 11.6 Å². The van der Waals surface area contributed by atoms with Gasteiger partial charge in [0.1, 0.15) is 17.4 Å². The number of nitrogens with zero attached hydrogens (tertiary/aromatic N) is 1. The second-order valence-electron chi connectivity index (χ2n) is 10.7. The number of ether oxygens (including phenoxy) is 1. The molecular weight excluding hydrogens is 546 g/mol. The zero-order valence-electron chi connectivity index (χ0n) is 23.4. The number of hydrogen-bond donors (Lipinski definition) is 1. The van der Waals surface area contributed by atoms with Crippen LogP contribution in [0.3, 0.4) is 0 Å². The zero-order valence-corrected chi connectivity index (χ0v) is 24.2. The molecule has 1 amide bonds. The number of rotatable bonds is 8. The summed E-state index contributed by atoms with van der Waals surface area (Å²) in [5.74, 6) is -0.913. The van der Waals surface area contributed by atoms with E-state index in [0.29, 0.717) is 17.4 Å². The fourth-order valence-electron chi connectivity index (χ4n) is 5.96. The topological polar surface area (TPSA) is 58.6 Å². The van der Waals surface area contributed by atoms with Crippen LogP contribution in [0.5, 0.6) is 5.75 Å². The van der Waals surface area contributed by atoms with Gasteiger partial charge in [-0.2, -0.15) is 0 Å². The largest absolute Gasteiger partial charge is 0.496 e. The molecule has 0 aromatic heterocycles. The second kappa shape index (κ2) is 12.1. The van der Waals surface area contributed by atoms with Crippen molar-refractivity contribution in [1.29, 1.82) is 0 Å². The van der Waals surface area contributed by atoms with E-state index in [9.17, 15) is 18.4 Å². The van der Waals surface area contributed by atoms with Gasteiger partial charge in [-0.1, -0.05) is 41.9 Å². The monoisotopic (exact) mass is 578 g/mol. The van der Waals surface area contributed by atoms with Crippen LogP contribution in [0.25, 0.3) is 16.2 Å². The number of nitrogens with one attached hydrogen (secondary N) is 1. The van der Waals surface area contributed by atoms with Gasteiger partial charge in [0.15, 0.2) is 5.78 Å². The second-order valence-corrected chi connectivity index (χ2v) is 11.1. The Kier molecular flexibility index (Phi) is 8.57. The van der Waals surface area contributed by atoms with Crippen molar-refractivity contribution in [3.8, 4) is 16.9 Å². The van der Waals surface area contributed by atoms with Crippen LogP contribution in [0.1, 0.15) is 59.7 Å². The summed E-state index contributed by atoms with van der Waals surface area (Å²) in [6.07, 6.45) is 3.32. The molecule has 8 heteroatoms. The van der Waals surface area contributed by atoms with Gasteiger partial charge in [-0.25, -0.2) is 8.78 Å². The standard InChI is InChI=1S/C33H33ClF2N2O3/c1-19(39)20-4-6-21(7-5-20)22-8-15-30(41-3)23(16-22)18-38(25-11-9-24(37-2)10-12-25)33(40)27-17-26-28(35)13-14-29(36)31(26)32(27)34/h4-8,13-16,24-25,37H,9-12,17-18H2,1-3H3. The van der Waals surface area contributed by atoms with Gasteiger partial charge in [0.05, 0.1) is 12.1 Å². The third-order valence-corrected chi connectivity index (χ3v) is 8.77. The minimum Gasteiger partial charge on any atom is -0.496 e. The Labute approximate surface area is 244 Å². The normalized spacial score (nSPS) is 18.3. The van der Waals surface area contributed by atoms with Gasteiger partial charge in [-0.05, 0) is 75.0 Å². The molecule has 1 fully saturated rings. The van der Waals surface area contributed by atoms with E-state index >= 15 is 0 Å². The molecule has 0 spiro atoms. The number of benzene rings is 3. The van der Waals surface area contributed by atoms with E-state index in [0.717, 1.165) is 54.5 Å². The number of Topliss-reactive ketones (excluding diaryl/α,β-unsaturated/α-hetero) is 1. The van der Waals surface area contributed by atoms with Gasteiger partial charge in [0.25, 0.3) is 5.91 Å². The predicted octanol–water partition coefficient (Wildman–Crippen LogP) is 6.91. The van der Waals surface area contributed by atoms with Crippen LogP contribution in [-0.4, -0.2) is 42.8 Å². The van der Waals surface area contributed by atoms with E-state index in [1.807, 2.05) is 37.4 Å². The van der Waals surface area contributed by atoms with Crippen molar-refractivity contribution in [1.82, 2.24) is 10.2 Å². The molecule has 3 aromatic carbocycles. The van der Waals surface area contributed by atoms with Crippen molar-refractivity contribution >= 4 is 28.3 Å². The lowest BCUT2D eigenvalue weighted by atomic mass is 9.89. The zero-order chi connectivity index (χ0) is 29.3. The quantitative estimate of drug-likeness (QED) is 0.295. The van der Waals surface area contributed by atoms with Crippen LogP contribution in [0, 0.1) is 11.6 Å². The molecule has 0 saturated heterocycles. The van der Waals surface area contributed by atoms with Crippen molar-refractivity contribution in [3.63, 3.8) is 0 Å². The number of halogens is 3. The summed E-state index contributed by atoms with van der Waals surface area (Å²) in [5.41, 5.74) is 3.57.